The van der Waals surface area contributed by atoms with Gasteiger partial charge in [0, 0.05) is 31.4 Å². The minimum Gasteiger partial charge on any atom is -0.457 e. The van der Waals surface area contributed by atoms with Gasteiger partial charge in [-0.1, -0.05) is 30.7 Å². The fourth-order valence-electron chi connectivity index (χ4n) is 4.89. The fourth-order valence-corrected chi connectivity index (χ4v) is 4.89. The largest absolute Gasteiger partial charge is 0.457 e. The minimum absolute atomic E-state index is 0.0320. The number of aromatic nitrogens is 3. The smallest absolute Gasteiger partial charge is 0.198 e. The van der Waals surface area contributed by atoms with Crippen LogP contribution in [0.3, 0.4) is 0 Å². The summed E-state index contributed by atoms with van der Waals surface area (Å²) in [5.74, 6) is 0.271. The lowest BCUT2D eigenvalue weighted by atomic mass is 10.0. The summed E-state index contributed by atoms with van der Waals surface area (Å²) in [5, 5.41) is 3.92. The normalized spacial score (nSPS) is 16.0. The molecule has 1 saturated heterocycles. The lowest BCUT2D eigenvalue weighted by Crippen LogP contribution is -2.43. The summed E-state index contributed by atoms with van der Waals surface area (Å²) in [6, 6.07) is 13.5. The minimum atomic E-state index is -0.675. The Morgan fingerprint density at radius 3 is 2.77 bits per heavy atom. The van der Waals surface area contributed by atoms with Crippen LogP contribution < -0.4 is 10.1 Å². The molecule has 8 nitrogen and oxygen atoms in total. The number of ether oxygens (including phenoxy) is 1. The average molecular weight is 528 g/mol. The quantitative estimate of drug-likeness (QED) is 0.207. The first-order valence-electron chi connectivity index (χ1n) is 13.0. The van der Waals surface area contributed by atoms with E-state index in [2.05, 4.69) is 25.2 Å². The first-order valence-corrected chi connectivity index (χ1v) is 13.0. The number of benzene rings is 2. The highest BCUT2D eigenvalue weighted by atomic mass is 19.1. The Kier molecular flexibility index (Phi) is 8.07. The van der Waals surface area contributed by atoms with E-state index in [-0.39, 0.29) is 23.0 Å². The first-order chi connectivity index (χ1) is 19.0. The Bertz CT molecular complexity index is 1500. The van der Waals surface area contributed by atoms with Gasteiger partial charge < -0.3 is 15.0 Å². The number of hydrogen-bond acceptors (Lipinski definition) is 7. The number of allylic oxidation sites excluding steroid dienone is 1. The molecule has 4 aromatic rings. The van der Waals surface area contributed by atoms with E-state index >= 15 is 4.39 Å². The predicted molar refractivity (Wildman–Crippen MR) is 148 cm³/mol. The van der Waals surface area contributed by atoms with Crippen molar-refractivity contribution in [1.82, 2.24) is 19.9 Å². The Balaban J connectivity index is 1.35. The van der Waals surface area contributed by atoms with E-state index in [1.54, 1.807) is 37.4 Å². The van der Waals surface area contributed by atoms with Crippen molar-refractivity contribution >= 4 is 28.4 Å². The standard InChI is InChI=1S/C30H30FN5O3/c1-20(37)8-7-15-36-14-6-5-9-21(36)17-32-29-27-25(18-33-30(27)35-19-34-29)28(38)24-13-12-23(16-26(24)31)39-22-10-3-2-4-11-22/h2-4,7-8,10-13,16,18-19,21H,5-6,9,14-15,17H2,1H3,(H2,32,33,34,35)/b8-7+. The van der Waals surface area contributed by atoms with Gasteiger partial charge in [0.05, 0.1) is 16.5 Å². The van der Waals surface area contributed by atoms with Crippen molar-refractivity contribution in [1.29, 1.82) is 0 Å². The van der Waals surface area contributed by atoms with Gasteiger partial charge in [-0.05, 0) is 56.7 Å². The van der Waals surface area contributed by atoms with Gasteiger partial charge in [-0.15, -0.1) is 0 Å². The number of nitrogens with one attached hydrogen (secondary N) is 2. The summed E-state index contributed by atoms with van der Waals surface area (Å²) in [4.78, 5) is 38.8. The van der Waals surface area contributed by atoms with Gasteiger partial charge in [-0.25, -0.2) is 14.4 Å². The molecule has 3 heterocycles. The molecule has 5 rings (SSSR count). The molecule has 0 aliphatic carbocycles. The molecule has 0 saturated carbocycles. The Morgan fingerprint density at radius 1 is 1.13 bits per heavy atom. The lowest BCUT2D eigenvalue weighted by Gasteiger charge is -2.35. The highest BCUT2D eigenvalue weighted by molar-refractivity contribution is 6.18. The molecule has 2 aromatic heterocycles. The molecule has 1 unspecified atom stereocenters. The number of likely N-dealkylation sites (tertiary alicyclic amines) is 1. The summed E-state index contributed by atoms with van der Waals surface area (Å²) in [6.07, 6.45) is 9.72. The summed E-state index contributed by atoms with van der Waals surface area (Å²) in [6.45, 7) is 3.80. The topological polar surface area (TPSA) is 100 Å². The van der Waals surface area contributed by atoms with Crippen molar-refractivity contribution < 1.29 is 18.7 Å². The third-order valence-electron chi connectivity index (χ3n) is 6.83. The maximum Gasteiger partial charge on any atom is 0.198 e. The van der Waals surface area contributed by atoms with Gasteiger partial charge >= 0.3 is 0 Å². The van der Waals surface area contributed by atoms with Crippen LogP contribution in [0.2, 0.25) is 0 Å². The van der Waals surface area contributed by atoms with E-state index in [4.69, 9.17) is 4.74 Å². The van der Waals surface area contributed by atoms with E-state index in [0.29, 0.717) is 41.4 Å². The molecular formula is C30H30FN5O3. The zero-order valence-corrected chi connectivity index (χ0v) is 21.7. The maximum absolute atomic E-state index is 15.1. The number of ketones is 2. The molecule has 0 radical (unpaired) electrons. The van der Waals surface area contributed by atoms with Gasteiger partial charge in [0.25, 0.3) is 0 Å². The Labute approximate surface area is 225 Å². The molecule has 200 valence electrons. The summed E-state index contributed by atoms with van der Waals surface area (Å²) in [5.41, 5.74) is 0.709. The number of nitrogens with zero attached hydrogens (tertiary/aromatic N) is 3. The van der Waals surface area contributed by atoms with Gasteiger partial charge in [0.2, 0.25) is 0 Å². The Morgan fingerprint density at radius 2 is 1.97 bits per heavy atom. The first kappa shape index (κ1) is 26.2. The van der Waals surface area contributed by atoms with Crippen molar-refractivity contribution in [3.8, 4) is 11.5 Å². The molecule has 0 amide bonds. The zero-order valence-electron chi connectivity index (χ0n) is 21.7. The second-order valence-electron chi connectivity index (χ2n) is 9.57. The highest BCUT2D eigenvalue weighted by Gasteiger charge is 2.24. The average Bonchev–Trinajstić information content (AvgIpc) is 3.38. The van der Waals surface area contributed by atoms with Gasteiger partial charge in [-0.3, -0.25) is 14.5 Å². The number of para-hydroxylation sites is 1. The number of anilines is 1. The maximum atomic E-state index is 15.1. The molecule has 1 atom stereocenters. The predicted octanol–water partition coefficient (Wildman–Crippen LogP) is 5.53. The van der Waals surface area contributed by atoms with Crippen LogP contribution >= 0.6 is 0 Å². The van der Waals surface area contributed by atoms with Crippen molar-refractivity contribution in [3.63, 3.8) is 0 Å². The van der Waals surface area contributed by atoms with Gasteiger partial charge in [0.1, 0.15) is 35.1 Å². The van der Waals surface area contributed by atoms with Crippen LogP contribution in [-0.4, -0.2) is 57.1 Å². The zero-order chi connectivity index (χ0) is 27.2. The van der Waals surface area contributed by atoms with E-state index in [1.165, 1.54) is 18.5 Å². The molecular weight excluding hydrogens is 497 g/mol. The van der Waals surface area contributed by atoms with Gasteiger partial charge in [-0.2, -0.15) is 0 Å². The molecule has 0 bridgehead atoms. The van der Waals surface area contributed by atoms with Crippen LogP contribution in [0.4, 0.5) is 10.2 Å². The molecule has 1 aliphatic rings. The van der Waals surface area contributed by atoms with E-state index < -0.39 is 11.6 Å². The third-order valence-corrected chi connectivity index (χ3v) is 6.83. The number of fused-ring (bicyclic) bond motifs is 1. The van der Waals surface area contributed by atoms with Crippen molar-refractivity contribution in [2.24, 2.45) is 0 Å². The second kappa shape index (κ2) is 12.0. The van der Waals surface area contributed by atoms with E-state index in [1.807, 2.05) is 24.3 Å². The van der Waals surface area contributed by atoms with Crippen molar-refractivity contribution in [2.75, 3.05) is 25.0 Å². The molecule has 2 N–H and O–H groups in total. The van der Waals surface area contributed by atoms with Gasteiger partial charge in [0.15, 0.2) is 11.6 Å². The molecule has 0 spiro atoms. The Hall–Kier alpha value is -4.37. The number of carbonyl (C=O) groups excluding carboxylic acids is 2. The fraction of sp³-hybridized carbons (Fsp3) is 0.267. The number of rotatable bonds is 10. The second-order valence-corrected chi connectivity index (χ2v) is 9.57. The van der Waals surface area contributed by atoms with Crippen molar-refractivity contribution in [2.45, 2.75) is 32.2 Å². The molecule has 1 aliphatic heterocycles. The lowest BCUT2D eigenvalue weighted by molar-refractivity contribution is -0.112. The number of hydrogen-bond donors (Lipinski definition) is 2. The number of carbonyl (C=O) groups is 2. The molecule has 9 heteroatoms. The summed E-state index contributed by atoms with van der Waals surface area (Å²) in [7, 11) is 0. The van der Waals surface area contributed by atoms with E-state index in [9.17, 15) is 9.59 Å². The number of piperidine rings is 1. The number of aromatic amines is 1. The van der Waals surface area contributed by atoms with Crippen LogP contribution in [0.25, 0.3) is 11.0 Å². The summed E-state index contributed by atoms with van der Waals surface area (Å²) < 4.78 is 20.8. The highest BCUT2D eigenvalue weighted by Crippen LogP contribution is 2.29. The third kappa shape index (κ3) is 6.21. The number of H-pyrrole nitrogens is 1. The van der Waals surface area contributed by atoms with Crippen molar-refractivity contribution in [3.05, 3.63) is 90.2 Å². The summed E-state index contributed by atoms with van der Waals surface area (Å²) >= 11 is 0. The van der Waals surface area contributed by atoms with Crippen LogP contribution in [0.15, 0.2) is 73.2 Å². The van der Waals surface area contributed by atoms with Crippen LogP contribution in [0.5, 0.6) is 11.5 Å². The molecule has 39 heavy (non-hydrogen) atoms. The SMILES string of the molecule is CC(=O)/C=C/CN1CCCCC1CNc1ncnc2[nH]cc(C(=O)c3ccc(Oc4ccccc4)cc3F)c12. The molecule has 2 aromatic carbocycles. The van der Waals surface area contributed by atoms with Crippen LogP contribution in [0, 0.1) is 5.82 Å². The molecule has 1 fully saturated rings. The van der Waals surface area contributed by atoms with E-state index in [0.717, 1.165) is 25.8 Å². The number of halogens is 1. The monoisotopic (exact) mass is 527 g/mol. The van der Waals surface area contributed by atoms with Crippen LogP contribution in [0.1, 0.15) is 42.1 Å². The van der Waals surface area contributed by atoms with Crippen LogP contribution in [-0.2, 0) is 4.79 Å².